The molecule has 5 amide bonds. The second-order valence-corrected chi connectivity index (χ2v) is 11.4. The molecule has 1 heterocycles. The van der Waals surface area contributed by atoms with Crippen molar-refractivity contribution in [3.8, 4) is 0 Å². The van der Waals surface area contributed by atoms with Crippen molar-refractivity contribution < 1.29 is 24.0 Å². The minimum absolute atomic E-state index is 0.219. The number of carbonyl (C=O) groups is 5. The van der Waals surface area contributed by atoms with Crippen LogP contribution in [0.4, 0.5) is 4.79 Å². The number of fused-ring (bicyclic) bond motifs is 1. The Morgan fingerprint density at radius 3 is 2.36 bits per heavy atom. The highest BCUT2D eigenvalue weighted by atomic mass is 31.0. The van der Waals surface area contributed by atoms with E-state index in [1.165, 1.54) is 14.3 Å². The van der Waals surface area contributed by atoms with Gasteiger partial charge in [-0.05, 0) is 23.8 Å². The van der Waals surface area contributed by atoms with Crippen molar-refractivity contribution in [2.45, 2.75) is 71.0 Å². The number of hydrogen-bond acceptors (Lipinski definition) is 5. The number of nitrogens with one attached hydrogen (secondary N) is 4. The zero-order chi connectivity index (χ0) is 26.2. The molecule has 0 aromatic heterocycles. The fourth-order valence-corrected chi connectivity index (χ4v) is 4.98. The Hall–Kier alpha value is -2.96. The summed E-state index contributed by atoms with van der Waals surface area (Å²) >= 11 is 0. The molecule has 0 aromatic rings. The average Bonchev–Trinajstić information content (AvgIpc) is 3.54. The van der Waals surface area contributed by atoms with Gasteiger partial charge in [0, 0.05) is 23.6 Å². The van der Waals surface area contributed by atoms with Gasteiger partial charge in [0.25, 0.3) is 0 Å². The van der Waals surface area contributed by atoms with E-state index < -0.39 is 47.2 Å². The molecular weight excluding hydrogens is 481 g/mol. The van der Waals surface area contributed by atoms with E-state index in [9.17, 15) is 24.0 Å². The van der Waals surface area contributed by atoms with Crippen molar-refractivity contribution in [1.82, 2.24) is 25.9 Å². The van der Waals surface area contributed by atoms with E-state index in [2.05, 4.69) is 26.8 Å². The molecule has 0 radical (unpaired) electrons. The van der Waals surface area contributed by atoms with Crippen LogP contribution in [-0.2, 0) is 19.2 Å². The van der Waals surface area contributed by atoms with Gasteiger partial charge in [0.2, 0.25) is 17.6 Å². The molecule has 10 nitrogen and oxygen atoms in total. The summed E-state index contributed by atoms with van der Waals surface area (Å²) in [6, 6.07) is -3.18. The van der Waals surface area contributed by atoms with Gasteiger partial charge in [-0.25, -0.2) is 9.88 Å². The third kappa shape index (κ3) is 5.55. The first-order chi connectivity index (χ1) is 17.0. The smallest absolute Gasteiger partial charge is 0.320 e. The van der Waals surface area contributed by atoms with Gasteiger partial charge in [0.1, 0.15) is 12.1 Å². The first-order valence-electron chi connectivity index (χ1n) is 12.4. The summed E-state index contributed by atoms with van der Waals surface area (Å²) in [5.74, 6) is -2.31. The Kier molecular flexibility index (Phi) is 7.39. The summed E-state index contributed by atoms with van der Waals surface area (Å²) in [6.45, 7) is 5.76. The molecule has 1 saturated carbocycles. The van der Waals surface area contributed by atoms with Crippen LogP contribution in [0.1, 0.15) is 52.9 Å². The van der Waals surface area contributed by atoms with Crippen LogP contribution in [0.3, 0.4) is 0 Å². The fourth-order valence-electron chi connectivity index (χ4n) is 4.80. The number of likely N-dealkylation sites (tertiary alicyclic amines) is 1. The zero-order valence-electron chi connectivity index (χ0n) is 21.0. The van der Waals surface area contributed by atoms with Crippen LogP contribution < -0.4 is 21.0 Å². The van der Waals surface area contributed by atoms with E-state index in [0.717, 1.165) is 30.5 Å². The Labute approximate surface area is 213 Å². The normalized spacial score (nSPS) is 23.7. The Balaban J connectivity index is 1.52. The quantitative estimate of drug-likeness (QED) is 0.204. The summed E-state index contributed by atoms with van der Waals surface area (Å²) in [6.07, 6.45) is 7.71. The van der Waals surface area contributed by atoms with E-state index in [0.29, 0.717) is 12.8 Å². The number of allylic oxidation sites excluding steroid dienone is 2. The molecule has 0 aromatic carbocycles. The predicted molar refractivity (Wildman–Crippen MR) is 136 cm³/mol. The molecule has 4 N–H and O–H groups in total. The first kappa shape index (κ1) is 26.1. The molecule has 0 spiro atoms. The van der Waals surface area contributed by atoms with E-state index in [1.54, 1.807) is 6.08 Å². The molecule has 2 fully saturated rings. The number of carbonyl (C=O) groups excluding carboxylic acids is 5. The van der Waals surface area contributed by atoms with E-state index >= 15 is 0 Å². The standard InChI is InChI=1S/C25H34N5O5P/c1-25(2,3)20(28-24(35)26-15-8-9-15)23(34)30-12-14-7-10-16(14)18(30)21(32)27-17(11-13-5-4-6-13)19(31)22(33)29-36/h8,10,13,16-18,20H,4-6,9,11-12,36H2,1-3H3,(H,27,32)(H,29,33)(H2,26,28,35)/p+1. The van der Waals surface area contributed by atoms with Crippen molar-refractivity contribution in [1.29, 1.82) is 0 Å². The molecule has 11 heteroatoms. The highest BCUT2D eigenvalue weighted by Gasteiger charge is 2.50. The Morgan fingerprint density at radius 2 is 1.86 bits per heavy atom. The molecule has 1 aliphatic heterocycles. The van der Waals surface area contributed by atoms with Gasteiger partial charge in [0.05, 0.1) is 22.0 Å². The maximum atomic E-state index is 13.8. The van der Waals surface area contributed by atoms with Gasteiger partial charge in [0.15, 0.2) is 0 Å². The van der Waals surface area contributed by atoms with Crippen LogP contribution in [0, 0.1) is 17.3 Å². The number of urea groups is 1. The number of Topliss-reactive ketones (excluding diaryl/α,β-unsaturated/α-hetero) is 1. The van der Waals surface area contributed by atoms with Gasteiger partial charge in [-0.3, -0.25) is 19.2 Å². The van der Waals surface area contributed by atoms with Crippen LogP contribution in [0.2, 0.25) is 0 Å². The minimum atomic E-state index is -0.948. The minimum Gasteiger partial charge on any atom is -0.344 e. The van der Waals surface area contributed by atoms with Gasteiger partial charge in [-0.1, -0.05) is 46.1 Å². The average molecular weight is 517 g/mol. The van der Waals surface area contributed by atoms with Crippen LogP contribution in [0.15, 0.2) is 29.2 Å². The third-order valence-corrected chi connectivity index (χ3v) is 7.62. The van der Waals surface area contributed by atoms with E-state index in [1.807, 2.05) is 26.8 Å². The van der Waals surface area contributed by atoms with Gasteiger partial charge >= 0.3 is 11.9 Å². The molecule has 4 rings (SSSR count). The summed E-state index contributed by atoms with van der Waals surface area (Å²) in [5, 5.41) is 10.6. The molecule has 4 aliphatic rings. The van der Waals surface area contributed by atoms with Crippen molar-refractivity contribution in [3.63, 3.8) is 0 Å². The second kappa shape index (κ2) is 10.2. The highest BCUT2D eigenvalue weighted by Crippen LogP contribution is 2.37. The Bertz CT molecular complexity index is 1080. The molecular formula is C25H35N5O5P+. The molecule has 194 valence electrons. The largest absolute Gasteiger partial charge is 0.344 e. The van der Waals surface area contributed by atoms with Crippen LogP contribution in [0.5, 0.6) is 0 Å². The number of nitrogens with zero attached hydrogens (tertiary/aromatic N) is 1. The first-order valence-corrected chi connectivity index (χ1v) is 13.1. The predicted octanol–water partition coefficient (Wildman–Crippen LogP) is 0.793. The summed E-state index contributed by atoms with van der Waals surface area (Å²) in [5.41, 5.74) is 4.07. The number of hydrogen-bond donors (Lipinski definition) is 4. The van der Waals surface area contributed by atoms with Crippen molar-refractivity contribution >= 4 is 38.9 Å². The molecule has 1 saturated heterocycles. The lowest BCUT2D eigenvalue weighted by molar-refractivity contribution is -0.144. The molecule has 36 heavy (non-hydrogen) atoms. The third-order valence-electron chi connectivity index (χ3n) is 7.30. The monoisotopic (exact) mass is 516 g/mol. The lowest BCUT2D eigenvalue weighted by atomic mass is 9.80. The van der Waals surface area contributed by atoms with Gasteiger partial charge < -0.3 is 20.9 Å². The van der Waals surface area contributed by atoms with E-state index in [4.69, 9.17) is 0 Å². The fraction of sp³-hybridized carbons (Fsp3) is 0.600. The summed E-state index contributed by atoms with van der Waals surface area (Å²) in [7, 11) is 1.17. The number of ketones is 1. The lowest BCUT2D eigenvalue weighted by Crippen LogP contribution is -2.60. The number of rotatable bonds is 9. The maximum absolute atomic E-state index is 13.8. The summed E-state index contributed by atoms with van der Waals surface area (Å²) < 4.78 is 0. The Morgan fingerprint density at radius 1 is 1.17 bits per heavy atom. The van der Waals surface area contributed by atoms with Gasteiger partial charge in [-0.2, -0.15) is 0 Å². The van der Waals surface area contributed by atoms with Gasteiger partial charge in [-0.15, -0.1) is 5.73 Å². The zero-order valence-corrected chi connectivity index (χ0v) is 22.4. The van der Waals surface area contributed by atoms with Crippen molar-refractivity contribution in [3.05, 3.63) is 29.2 Å². The van der Waals surface area contributed by atoms with Crippen molar-refractivity contribution in [2.24, 2.45) is 17.3 Å². The van der Waals surface area contributed by atoms with Crippen LogP contribution >= 0.6 is 9.39 Å². The number of amides is 5. The SMILES string of the molecule is CC(C)(C)C(NC(=O)NC1=CC1)C(=O)N1CC2=C=CC2C1C(=O)NC(CC1CCC1)C(=O)C(=O)N[PH3+]. The molecule has 5 atom stereocenters. The van der Waals surface area contributed by atoms with E-state index in [-0.39, 0.29) is 24.3 Å². The highest BCUT2D eigenvalue weighted by molar-refractivity contribution is 7.15. The van der Waals surface area contributed by atoms with Crippen LogP contribution in [0.25, 0.3) is 0 Å². The molecule has 3 aliphatic carbocycles. The van der Waals surface area contributed by atoms with Crippen LogP contribution in [-0.4, -0.2) is 59.1 Å². The lowest BCUT2D eigenvalue weighted by Gasteiger charge is -2.36. The van der Waals surface area contributed by atoms with Crippen molar-refractivity contribution in [2.75, 3.05) is 6.54 Å². The second-order valence-electron chi connectivity index (χ2n) is 11.1. The molecule has 0 bridgehead atoms. The summed E-state index contributed by atoms with van der Waals surface area (Å²) in [4.78, 5) is 66.1. The maximum Gasteiger partial charge on any atom is 0.320 e. The molecule has 5 unspecified atom stereocenters. The topological polar surface area (TPSA) is 137 Å².